The van der Waals surface area contributed by atoms with E-state index in [4.69, 9.17) is 16.3 Å². The molecule has 1 atom stereocenters. The maximum Gasteiger partial charge on any atom is 0.255 e. The lowest BCUT2D eigenvalue weighted by atomic mass is 10.2. The van der Waals surface area contributed by atoms with Gasteiger partial charge in [0.1, 0.15) is 0 Å². The molecule has 0 N–H and O–H groups in total. The summed E-state index contributed by atoms with van der Waals surface area (Å²) in [4.78, 5) is 19.8. The zero-order chi connectivity index (χ0) is 15.4. The monoisotopic (exact) mass is 336 g/mol. The third-order valence-corrected chi connectivity index (χ3v) is 4.83. The van der Waals surface area contributed by atoms with Crippen LogP contribution in [0.2, 0.25) is 5.02 Å². The van der Waals surface area contributed by atoms with Crippen LogP contribution >= 0.6 is 22.9 Å². The Kier molecular flexibility index (Phi) is 5.08. The number of hydrogen-bond acceptors (Lipinski definition) is 4. The van der Waals surface area contributed by atoms with Gasteiger partial charge in [-0.1, -0.05) is 17.7 Å². The SMILES string of the molecule is O=C(c1ccncc1Cl)N(Cc1cccs1)C[C@@H]1CCCO1. The molecular weight excluding hydrogens is 320 g/mol. The number of pyridine rings is 1. The Morgan fingerprint density at radius 2 is 2.41 bits per heavy atom. The predicted molar refractivity (Wildman–Crippen MR) is 87.3 cm³/mol. The first kappa shape index (κ1) is 15.5. The normalized spacial score (nSPS) is 17.6. The average molecular weight is 337 g/mol. The molecule has 1 fully saturated rings. The van der Waals surface area contributed by atoms with Crippen molar-refractivity contribution in [3.63, 3.8) is 0 Å². The third kappa shape index (κ3) is 3.66. The molecule has 0 spiro atoms. The van der Waals surface area contributed by atoms with E-state index in [1.54, 1.807) is 23.6 Å². The van der Waals surface area contributed by atoms with Crippen molar-refractivity contribution in [3.8, 4) is 0 Å². The molecule has 0 unspecified atom stereocenters. The first-order valence-corrected chi connectivity index (χ1v) is 8.52. The zero-order valence-electron chi connectivity index (χ0n) is 12.1. The molecular formula is C16H17ClN2O2S. The molecule has 0 aliphatic carbocycles. The van der Waals surface area contributed by atoms with Gasteiger partial charge in [-0.2, -0.15) is 0 Å². The number of ether oxygens (including phenoxy) is 1. The number of halogens is 1. The molecule has 2 aromatic rings. The van der Waals surface area contributed by atoms with E-state index >= 15 is 0 Å². The van der Waals surface area contributed by atoms with Crippen LogP contribution in [0.15, 0.2) is 36.0 Å². The molecule has 3 heterocycles. The summed E-state index contributed by atoms with van der Waals surface area (Å²) in [6, 6.07) is 5.70. The Morgan fingerprint density at radius 3 is 3.09 bits per heavy atom. The highest BCUT2D eigenvalue weighted by molar-refractivity contribution is 7.09. The van der Waals surface area contributed by atoms with Crippen LogP contribution in [0.3, 0.4) is 0 Å². The molecule has 1 saturated heterocycles. The number of rotatable bonds is 5. The van der Waals surface area contributed by atoms with Crippen molar-refractivity contribution in [3.05, 3.63) is 51.4 Å². The van der Waals surface area contributed by atoms with Crippen LogP contribution in [0, 0.1) is 0 Å². The van der Waals surface area contributed by atoms with Crippen molar-refractivity contribution in [2.75, 3.05) is 13.2 Å². The van der Waals surface area contributed by atoms with E-state index in [-0.39, 0.29) is 12.0 Å². The maximum absolute atomic E-state index is 12.8. The van der Waals surface area contributed by atoms with E-state index in [9.17, 15) is 4.79 Å². The summed E-state index contributed by atoms with van der Waals surface area (Å²) >= 11 is 7.77. The van der Waals surface area contributed by atoms with E-state index in [0.29, 0.717) is 23.7 Å². The summed E-state index contributed by atoms with van der Waals surface area (Å²) in [6.45, 7) is 1.95. The Bertz CT molecular complexity index is 627. The second-order valence-electron chi connectivity index (χ2n) is 5.26. The second-order valence-corrected chi connectivity index (χ2v) is 6.70. The minimum atomic E-state index is -0.0729. The molecule has 1 amide bonds. The van der Waals surface area contributed by atoms with Crippen molar-refractivity contribution >= 4 is 28.8 Å². The average Bonchev–Trinajstić information content (AvgIpc) is 3.20. The van der Waals surface area contributed by atoms with Gasteiger partial charge in [0.05, 0.1) is 23.2 Å². The fourth-order valence-electron chi connectivity index (χ4n) is 2.56. The minimum Gasteiger partial charge on any atom is -0.376 e. The Labute approximate surface area is 138 Å². The fraction of sp³-hybridized carbons (Fsp3) is 0.375. The molecule has 0 aromatic carbocycles. The maximum atomic E-state index is 12.8. The number of nitrogens with zero attached hydrogens (tertiary/aromatic N) is 2. The Balaban J connectivity index is 1.80. The second kappa shape index (κ2) is 7.22. The lowest BCUT2D eigenvalue weighted by Gasteiger charge is -2.25. The smallest absolute Gasteiger partial charge is 0.255 e. The molecule has 6 heteroatoms. The van der Waals surface area contributed by atoms with Crippen molar-refractivity contribution in [1.29, 1.82) is 0 Å². The number of carbonyl (C=O) groups is 1. The molecule has 1 aliphatic rings. The number of carbonyl (C=O) groups excluding carboxylic acids is 1. The van der Waals surface area contributed by atoms with Gasteiger partial charge in [-0.25, -0.2) is 0 Å². The van der Waals surface area contributed by atoms with Gasteiger partial charge in [-0.05, 0) is 30.4 Å². The third-order valence-electron chi connectivity index (χ3n) is 3.66. The van der Waals surface area contributed by atoms with Crippen LogP contribution in [0.25, 0.3) is 0 Å². The van der Waals surface area contributed by atoms with Gasteiger partial charge in [0.15, 0.2) is 0 Å². The zero-order valence-corrected chi connectivity index (χ0v) is 13.6. The summed E-state index contributed by atoms with van der Waals surface area (Å²) in [7, 11) is 0. The quantitative estimate of drug-likeness (QED) is 0.837. The molecule has 3 rings (SSSR count). The van der Waals surface area contributed by atoms with Gasteiger partial charge in [0, 0.05) is 30.4 Å². The van der Waals surface area contributed by atoms with Gasteiger partial charge in [-0.15, -0.1) is 11.3 Å². The van der Waals surface area contributed by atoms with Crippen LogP contribution in [0.5, 0.6) is 0 Å². The number of amides is 1. The summed E-state index contributed by atoms with van der Waals surface area (Å²) in [5, 5.41) is 2.40. The number of aromatic nitrogens is 1. The van der Waals surface area contributed by atoms with E-state index in [1.807, 2.05) is 22.4 Å². The van der Waals surface area contributed by atoms with E-state index in [0.717, 1.165) is 24.3 Å². The summed E-state index contributed by atoms with van der Waals surface area (Å²) in [5.74, 6) is -0.0729. The molecule has 22 heavy (non-hydrogen) atoms. The number of thiophene rings is 1. The summed E-state index contributed by atoms with van der Waals surface area (Å²) in [5.41, 5.74) is 0.492. The van der Waals surface area contributed by atoms with E-state index < -0.39 is 0 Å². The first-order chi connectivity index (χ1) is 10.7. The lowest BCUT2D eigenvalue weighted by Crippen LogP contribution is -2.36. The first-order valence-electron chi connectivity index (χ1n) is 7.27. The van der Waals surface area contributed by atoms with E-state index in [1.165, 1.54) is 6.20 Å². The molecule has 1 aliphatic heterocycles. The molecule has 116 valence electrons. The van der Waals surface area contributed by atoms with Crippen molar-refractivity contribution < 1.29 is 9.53 Å². The summed E-state index contributed by atoms with van der Waals surface area (Å²) in [6.07, 6.45) is 5.27. The van der Waals surface area contributed by atoms with Gasteiger partial charge >= 0.3 is 0 Å². The molecule has 0 radical (unpaired) electrons. The lowest BCUT2D eigenvalue weighted by molar-refractivity contribution is 0.0509. The van der Waals surface area contributed by atoms with Gasteiger partial charge < -0.3 is 9.64 Å². The highest BCUT2D eigenvalue weighted by Gasteiger charge is 2.25. The van der Waals surface area contributed by atoms with Crippen molar-refractivity contribution in [2.24, 2.45) is 0 Å². The summed E-state index contributed by atoms with van der Waals surface area (Å²) < 4.78 is 5.68. The van der Waals surface area contributed by atoms with Gasteiger partial charge in [0.25, 0.3) is 5.91 Å². The fourth-order valence-corrected chi connectivity index (χ4v) is 3.48. The van der Waals surface area contributed by atoms with Crippen molar-refractivity contribution in [2.45, 2.75) is 25.5 Å². The van der Waals surface area contributed by atoms with Crippen molar-refractivity contribution in [1.82, 2.24) is 9.88 Å². The minimum absolute atomic E-state index is 0.0729. The topological polar surface area (TPSA) is 42.4 Å². The Hall–Kier alpha value is -1.43. The molecule has 4 nitrogen and oxygen atoms in total. The predicted octanol–water partition coefficient (Wildman–Crippen LogP) is 3.62. The number of hydrogen-bond donors (Lipinski definition) is 0. The van der Waals surface area contributed by atoms with Crippen LogP contribution in [-0.4, -0.2) is 35.0 Å². The van der Waals surface area contributed by atoms with Crippen LogP contribution in [0.4, 0.5) is 0 Å². The molecule has 2 aromatic heterocycles. The van der Waals surface area contributed by atoms with Crippen LogP contribution in [0.1, 0.15) is 28.1 Å². The van der Waals surface area contributed by atoms with Crippen LogP contribution < -0.4 is 0 Å². The highest BCUT2D eigenvalue weighted by atomic mass is 35.5. The van der Waals surface area contributed by atoms with Gasteiger partial charge in [0.2, 0.25) is 0 Å². The standard InChI is InChI=1S/C16H17ClN2O2S/c17-15-9-18-6-5-14(15)16(20)19(10-12-3-1-7-21-12)11-13-4-2-8-22-13/h2,4-6,8-9,12H,1,3,7,10-11H2/t12-/m0/s1. The molecule has 0 bridgehead atoms. The highest BCUT2D eigenvalue weighted by Crippen LogP contribution is 2.21. The van der Waals surface area contributed by atoms with Crippen LogP contribution in [-0.2, 0) is 11.3 Å². The largest absolute Gasteiger partial charge is 0.376 e. The molecule has 0 saturated carbocycles. The van der Waals surface area contributed by atoms with E-state index in [2.05, 4.69) is 4.98 Å². The van der Waals surface area contributed by atoms with Gasteiger partial charge in [-0.3, -0.25) is 9.78 Å². The Morgan fingerprint density at radius 1 is 1.50 bits per heavy atom.